The van der Waals surface area contributed by atoms with Gasteiger partial charge >= 0.3 is 0 Å². The number of hydrogen-bond donors (Lipinski definition) is 1. The van der Waals surface area contributed by atoms with E-state index in [1.807, 2.05) is 6.92 Å². The summed E-state index contributed by atoms with van der Waals surface area (Å²) >= 11 is 6.05. The second-order valence-corrected chi connectivity index (χ2v) is 3.47. The summed E-state index contributed by atoms with van der Waals surface area (Å²) < 4.78 is 0. The van der Waals surface area contributed by atoms with Crippen LogP contribution in [-0.2, 0) is 0 Å². The van der Waals surface area contributed by atoms with Crippen LogP contribution in [0.25, 0.3) is 21.5 Å². The van der Waals surface area contributed by atoms with E-state index in [9.17, 15) is 0 Å². The van der Waals surface area contributed by atoms with Gasteiger partial charge in [0.25, 0.3) is 0 Å². The van der Waals surface area contributed by atoms with E-state index in [1.54, 1.807) is 6.92 Å². The maximum Gasteiger partial charge on any atom is 0.181 e. The van der Waals surface area contributed by atoms with Crippen LogP contribution in [0.2, 0.25) is 5.02 Å². The van der Waals surface area contributed by atoms with Crippen molar-refractivity contribution in [1.29, 1.82) is 0 Å². The zero-order valence-corrected chi connectivity index (χ0v) is 8.87. The van der Waals surface area contributed by atoms with Gasteiger partial charge in [-0.25, -0.2) is 4.98 Å². The number of halogens is 1. The standard InChI is InChI=1S/C8H7ClN6/c1-3-5-7(11-4(2)6(3)9)12-13-8(5)14-15-10/h1-2H3,(H,11,12,13). The molecule has 0 radical (unpaired) electrons. The minimum absolute atomic E-state index is 0.347. The molecule has 0 aliphatic carbocycles. The van der Waals surface area contributed by atoms with Crippen LogP contribution in [0.15, 0.2) is 5.11 Å². The Morgan fingerprint density at radius 1 is 1.47 bits per heavy atom. The first-order chi connectivity index (χ1) is 7.15. The number of aryl methyl sites for hydroxylation is 2. The van der Waals surface area contributed by atoms with Gasteiger partial charge in [0.1, 0.15) is 5.82 Å². The number of azide groups is 1. The number of rotatable bonds is 1. The second kappa shape index (κ2) is 3.42. The van der Waals surface area contributed by atoms with Gasteiger partial charge in [-0.1, -0.05) is 11.6 Å². The fraction of sp³-hybridized carbons (Fsp3) is 0.250. The van der Waals surface area contributed by atoms with Crippen molar-refractivity contribution in [2.24, 2.45) is 5.11 Å². The maximum absolute atomic E-state index is 8.37. The van der Waals surface area contributed by atoms with Gasteiger partial charge in [0, 0.05) is 4.91 Å². The largest absolute Gasteiger partial charge is 0.273 e. The van der Waals surface area contributed by atoms with E-state index in [-0.39, 0.29) is 0 Å². The quantitative estimate of drug-likeness (QED) is 0.456. The lowest BCUT2D eigenvalue weighted by molar-refractivity contribution is 1.08. The van der Waals surface area contributed by atoms with Gasteiger partial charge in [-0.15, -0.1) is 0 Å². The topological polar surface area (TPSA) is 90.3 Å². The Labute approximate surface area is 89.9 Å². The Bertz CT molecular complexity index is 580. The van der Waals surface area contributed by atoms with Crippen LogP contribution in [0, 0.1) is 13.8 Å². The monoisotopic (exact) mass is 222 g/mol. The van der Waals surface area contributed by atoms with Crippen LogP contribution in [0.1, 0.15) is 11.3 Å². The summed E-state index contributed by atoms with van der Waals surface area (Å²) in [4.78, 5) is 6.89. The van der Waals surface area contributed by atoms with Crippen LogP contribution in [-0.4, -0.2) is 15.2 Å². The van der Waals surface area contributed by atoms with E-state index in [1.165, 1.54) is 0 Å². The summed E-state index contributed by atoms with van der Waals surface area (Å²) in [5, 5.41) is 11.3. The van der Waals surface area contributed by atoms with Crippen LogP contribution >= 0.6 is 11.6 Å². The van der Waals surface area contributed by atoms with Crippen LogP contribution in [0.3, 0.4) is 0 Å². The summed E-state index contributed by atoms with van der Waals surface area (Å²) in [7, 11) is 0. The molecule has 0 bridgehead atoms. The van der Waals surface area contributed by atoms with Gasteiger partial charge < -0.3 is 0 Å². The molecule has 0 aromatic carbocycles. The molecule has 6 nitrogen and oxygen atoms in total. The Kier molecular flexibility index (Phi) is 2.22. The SMILES string of the molecule is Cc1nc2n[nH]c(N=[N+]=[N-])c2c(C)c1Cl. The van der Waals surface area contributed by atoms with E-state index in [0.29, 0.717) is 27.6 Å². The Morgan fingerprint density at radius 2 is 2.20 bits per heavy atom. The zero-order chi connectivity index (χ0) is 11.0. The number of nitrogens with zero attached hydrogens (tertiary/aromatic N) is 5. The molecular formula is C8H7ClN6. The highest BCUT2D eigenvalue weighted by Crippen LogP contribution is 2.31. The minimum Gasteiger partial charge on any atom is -0.273 e. The highest BCUT2D eigenvalue weighted by molar-refractivity contribution is 6.33. The predicted octanol–water partition coefficient (Wildman–Crippen LogP) is 3.17. The van der Waals surface area contributed by atoms with Crippen molar-refractivity contribution in [3.8, 4) is 0 Å². The van der Waals surface area contributed by atoms with Crippen LogP contribution in [0.5, 0.6) is 0 Å². The number of H-pyrrole nitrogens is 1. The van der Waals surface area contributed by atoms with E-state index in [4.69, 9.17) is 17.1 Å². The smallest absolute Gasteiger partial charge is 0.181 e. The minimum atomic E-state index is 0.347. The van der Waals surface area contributed by atoms with Gasteiger partial charge in [-0.2, -0.15) is 5.10 Å². The molecule has 2 rings (SSSR count). The lowest BCUT2D eigenvalue weighted by Crippen LogP contribution is -1.88. The lowest BCUT2D eigenvalue weighted by atomic mass is 10.2. The molecule has 0 unspecified atom stereocenters. The molecule has 2 aromatic heterocycles. The predicted molar refractivity (Wildman–Crippen MR) is 57.2 cm³/mol. The van der Waals surface area contributed by atoms with Crippen molar-refractivity contribution in [2.45, 2.75) is 13.8 Å². The number of aromatic nitrogens is 3. The maximum atomic E-state index is 8.37. The average molecular weight is 223 g/mol. The summed E-state index contributed by atoms with van der Waals surface area (Å²) in [6, 6.07) is 0. The van der Waals surface area contributed by atoms with Crippen LogP contribution < -0.4 is 0 Å². The molecule has 1 N–H and O–H groups in total. The molecule has 0 amide bonds. The average Bonchev–Trinajstić information content (AvgIpc) is 2.59. The van der Waals surface area contributed by atoms with Crippen molar-refractivity contribution < 1.29 is 0 Å². The fourth-order valence-electron chi connectivity index (χ4n) is 1.46. The van der Waals surface area contributed by atoms with Gasteiger partial charge in [-0.05, 0) is 30.1 Å². The second-order valence-electron chi connectivity index (χ2n) is 3.10. The molecule has 76 valence electrons. The van der Waals surface area contributed by atoms with Crippen molar-refractivity contribution in [3.63, 3.8) is 0 Å². The van der Waals surface area contributed by atoms with Gasteiger partial charge in [0.15, 0.2) is 5.65 Å². The summed E-state index contributed by atoms with van der Waals surface area (Å²) in [6.07, 6.45) is 0. The number of pyridine rings is 1. The summed E-state index contributed by atoms with van der Waals surface area (Å²) in [5.41, 5.74) is 10.4. The van der Waals surface area contributed by atoms with Crippen molar-refractivity contribution in [1.82, 2.24) is 15.2 Å². The molecule has 0 fully saturated rings. The van der Waals surface area contributed by atoms with Crippen LogP contribution in [0.4, 0.5) is 5.82 Å². The van der Waals surface area contributed by atoms with Crippen molar-refractivity contribution in [3.05, 3.63) is 26.7 Å². The third-order valence-electron chi connectivity index (χ3n) is 2.17. The molecule has 0 atom stereocenters. The molecule has 0 aliphatic heterocycles. The van der Waals surface area contributed by atoms with Gasteiger partial charge in [0.05, 0.1) is 16.1 Å². The molecule has 15 heavy (non-hydrogen) atoms. The molecule has 0 saturated heterocycles. The third kappa shape index (κ3) is 1.40. The number of hydrogen-bond acceptors (Lipinski definition) is 3. The molecule has 0 saturated carbocycles. The first-order valence-corrected chi connectivity index (χ1v) is 4.58. The molecule has 2 aromatic rings. The van der Waals surface area contributed by atoms with Gasteiger partial charge in [0.2, 0.25) is 0 Å². The highest BCUT2D eigenvalue weighted by Gasteiger charge is 2.12. The molecule has 0 aliphatic rings. The first-order valence-electron chi connectivity index (χ1n) is 4.21. The molecule has 0 spiro atoms. The number of nitrogens with one attached hydrogen (secondary N) is 1. The summed E-state index contributed by atoms with van der Waals surface area (Å²) in [6.45, 7) is 3.64. The van der Waals surface area contributed by atoms with E-state index in [2.05, 4.69) is 25.2 Å². The fourth-order valence-corrected chi connectivity index (χ4v) is 1.59. The molecule has 7 heteroatoms. The lowest BCUT2D eigenvalue weighted by Gasteiger charge is -2.02. The third-order valence-corrected chi connectivity index (χ3v) is 2.73. The van der Waals surface area contributed by atoms with E-state index >= 15 is 0 Å². The molecular weight excluding hydrogens is 216 g/mol. The number of fused-ring (bicyclic) bond motifs is 1. The normalized spacial score (nSPS) is 10.3. The van der Waals surface area contributed by atoms with Crippen molar-refractivity contribution >= 4 is 28.5 Å². The van der Waals surface area contributed by atoms with E-state index < -0.39 is 0 Å². The highest BCUT2D eigenvalue weighted by atomic mass is 35.5. The van der Waals surface area contributed by atoms with Crippen molar-refractivity contribution in [2.75, 3.05) is 0 Å². The zero-order valence-electron chi connectivity index (χ0n) is 8.11. The first kappa shape index (κ1) is 9.76. The van der Waals surface area contributed by atoms with E-state index in [0.717, 1.165) is 5.56 Å². The Balaban J connectivity index is 2.91. The number of aromatic amines is 1. The molecule has 2 heterocycles. The Hall–Kier alpha value is -1.78. The van der Waals surface area contributed by atoms with Gasteiger partial charge in [-0.3, -0.25) is 5.10 Å². The summed E-state index contributed by atoms with van der Waals surface area (Å²) in [5.74, 6) is 0.347. The Morgan fingerprint density at radius 3 is 2.87 bits per heavy atom.